The van der Waals surface area contributed by atoms with E-state index in [2.05, 4.69) is 11.4 Å². The van der Waals surface area contributed by atoms with Crippen LogP contribution in [0.5, 0.6) is 11.5 Å². The van der Waals surface area contributed by atoms with E-state index in [1.165, 1.54) is 0 Å². The van der Waals surface area contributed by atoms with Crippen LogP contribution in [-0.4, -0.2) is 38.6 Å². The van der Waals surface area contributed by atoms with E-state index < -0.39 is 0 Å². The van der Waals surface area contributed by atoms with Crippen LogP contribution in [0.15, 0.2) is 66.7 Å². The number of amides is 2. The summed E-state index contributed by atoms with van der Waals surface area (Å²) < 4.78 is 11.0. The normalized spacial score (nSPS) is 16.0. The number of carbonyl (C=O) groups excluding carboxylic acids is 2. The largest absolute Gasteiger partial charge is 0.497 e. The van der Waals surface area contributed by atoms with Gasteiger partial charge in [0, 0.05) is 24.7 Å². The lowest BCUT2D eigenvalue weighted by Gasteiger charge is -2.17. The molecule has 6 heteroatoms. The van der Waals surface area contributed by atoms with Crippen molar-refractivity contribution in [2.75, 3.05) is 31.7 Å². The molecule has 1 aliphatic rings. The number of nitrogens with zero attached hydrogens (tertiary/aromatic N) is 1. The van der Waals surface area contributed by atoms with Crippen LogP contribution >= 0.6 is 0 Å². The highest BCUT2D eigenvalue weighted by molar-refractivity contribution is 6.00. The third-order valence-electron chi connectivity index (χ3n) is 5.25. The van der Waals surface area contributed by atoms with Crippen molar-refractivity contribution in [3.05, 3.63) is 66.7 Å². The highest BCUT2D eigenvalue weighted by atomic mass is 16.5. The standard InChI is InChI=1S/C24H24N2O4/c1-29-21-8-4-7-20(15-21)26-16-19(14-23(26)27)24(28)25-11-12-30-22-10-9-17-5-2-3-6-18(17)13-22/h2-10,13,15,19H,11-12,14,16H2,1H3,(H,25,28)/t19-/m1/s1. The molecule has 0 aromatic heterocycles. The first-order chi connectivity index (χ1) is 14.6. The Balaban J connectivity index is 1.27. The van der Waals surface area contributed by atoms with Crippen molar-refractivity contribution in [2.24, 2.45) is 5.92 Å². The molecular weight excluding hydrogens is 380 g/mol. The molecule has 1 saturated heterocycles. The molecule has 4 rings (SSSR count). The van der Waals surface area contributed by atoms with E-state index in [0.29, 0.717) is 25.4 Å². The number of carbonyl (C=O) groups is 2. The van der Waals surface area contributed by atoms with E-state index in [9.17, 15) is 9.59 Å². The SMILES string of the molecule is COc1cccc(N2C[C@H](C(=O)NCCOc3ccc4ccccc4c3)CC2=O)c1. The Bertz CT molecular complexity index is 1070. The molecule has 1 fully saturated rings. The summed E-state index contributed by atoms with van der Waals surface area (Å²) >= 11 is 0. The Morgan fingerprint density at radius 1 is 1.03 bits per heavy atom. The molecule has 0 radical (unpaired) electrons. The fraction of sp³-hybridized carbons (Fsp3) is 0.250. The van der Waals surface area contributed by atoms with Crippen molar-refractivity contribution >= 4 is 28.3 Å². The van der Waals surface area contributed by atoms with E-state index in [0.717, 1.165) is 22.2 Å². The molecule has 1 atom stereocenters. The van der Waals surface area contributed by atoms with Gasteiger partial charge in [0.15, 0.2) is 0 Å². The van der Waals surface area contributed by atoms with Crippen LogP contribution in [0.25, 0.3) is 10.8 Å². The molecule has 2 amide bonds. The van der Waals surface area contributed by atoms with Crippen LogP contribution in [-0.2, 0) is 9.59 Å². The van der Waals surface area contributed by atoms with Gasteiger partial charge in [-0.25, -0.2) is 0 Å². The summed E-state index contributed by atoms with van der Waals surface area (Å²) in [4.78, 5) is 26.5. The molecule has 3 aromatic rings. The number of benzene rings is 3. The molecule has 154 valence electrons. The van der Waals surface area contributed by atoms with E-state index in [1.807, 2.05) is 54.6 Å². The van der Waals surface area contributed by atoms with Gasteiger partial charge in [0.05, 0.1) is 19.6 Å². The minimum atomic E-state index is -0.371. The van der Waals surface area contributed by atoms with Crippen LogP contribution in [0.2, 0.25) is 0 Å². The summed E-state index contributed by atoms with van der Waals surface area (Å²) in [6, 6.07) is 21.3. The van der Waals surface area contributed by atoms with Crippen molar-refractivity contribution in [1.29, 1.82) is 0 Å². The van der Waals surface area contributed by atoms with Crippen molar-refractivity contribution in [1.82, 2.24) is 5.32 Å². The molecule has 1 aliphatic heterocycles. The summed E-state index contributed by atoms with van der Waals surface area (Å²) in [5.74, 6) is 0.887. The Morgan fingerprint density at radius 3 is 2.70 bits per heavy atom. The first-order valence-corrected chi connectivity index (χ1v) is 9.98. The van der Waals surface area contributed by atoms with Crippen LogP contribution in [0.1, 0.15) is 6.42 Å². The van der Waals surface area contributed by atoms with E-state index in [4.69, 9.17) is 9.47 Å². The lowest BCUT2D eigenvalue weighted by Crippen LogP contribution is -2.35. The molecule has 0 unspecified atom stereocenters. The smallest absolute Gasteiger partial charge is 0.227 e. The number of methoxy groups -OCH3 is 1. The third kappa shape index (κ3) is 4.38. The maximum Gasteiger partial charge on any atom is 0.227 e. The van der Waals surface area contributed by atoms with Gasteiger partial charge in [-0.1, -0.05) is 36.4 Å². The van der Waals surface area contributed by atoms with Gasteiger partial charge in [0.2, 0.25) is 11.8 Å². The molecule has 3 aromatic carbocycles. The predicted molar refractivity (Wildman–Crippen MR) is 116 cm³/mol. The number of fused-ring (bicyclic) bond motifs is 1. The summed E-state index contributed by atoms with van der Waals surface area (Å²) in [6.07, 6.45) is 0.203. The zero-order valence-electron chi connectivity index (χ0n) is 16.8. The van der Waals surface area contributed by atoms with Gasteiger partial charge in [0.25, 0.3) is 0 Å². The number of nitrogens with one attached hydrogen (secondary N) is 1. The molecule has 1 N–H and O–H groups in total. The fourth-order valence-corrected chi connectivity index (χ4v) is 3.66. The van der Waals surface area contributed by atoms with Crippen LogP contribution < -0.4 is 19.7 Å². The molecule has 0 aliphatic carbocycles. The molecule has 6 nitrogen and oxygen atoms in total. The Kier molecular flexibility index (Phi) is 5.84. The van der Waals surface area contributed by atoms with Gasteiger partial charge >= 0.3 is 0 Å². The summed E-state index contributed by atoms with van der Waals surface area (Å²) in [5, 5.41) is 5.15. The van der Waals surface area contributed by atoms with E-state index in [1.54, 1.807) is 18.1 Å². The molecule has 30 heavy (non-hydrogen) atoms. The molecule has 1 heterocycles. The van der Waals surface area contributed by atoms with E-state index in [-0.39, 0.29) is 24.2 Å². The average Bonchev–Trinajstić information content (AvgIpc) is 3.18. The molecule has 0 saturated carbocycles. The van der Waals surface area contributed by atoms with Gasteiger partial charge < -0.3 is 19.7 Å². The minimum absolute atomic E-state index is 0.0594. The molecule has 0 bridgehead atoms. The van der Waals surface area contributed by atoms with Crippen molar-refractivity contribution < 1.29 is 19.1 Å². The van der Waals surface area contributed by atoms with Gasteiger partial charge in [-0.2, -0.15) is 0 Å². The highest BCUT2D eigenvalue weighted by Gasteiger charge is 2.35. The Morgan fingerprint density at radius 2 is 1.87 bits per heavy atom. The number of hydrogen-bond acceptors (Lipinski definition) is 4. The number of hydrogen-bond donors (Lipinski definition) is 1. The van der Waals surface area contributed by atoms with Crippen molar-refractivity contribution in [2.45, 2.75) is 6.42 Å². The predicted octanol–water partition coefficient (Wildman–Crippen LogP) is 3.40. The van der Waals surface area contributed by atoms with Gasteiger partial charge in [-0.15, -0.1) is 0 Å². The maximum atomic E-state index is 12.5. The molecule has 0 spiro atoms. The second kappa shape index (κ2) is 8.86. The molecular formula is C24H24N2O4. The average molecular weight is 404 g/mol. The summed E-state index contributed by atoms with van der Waals surface area (Å²) in [6.45, 7) is 1.11. The zero-order valence-corrected chi connectivity index (χ0v) is 16.8. The lowest BCUT2D eigenvalue weighted by atomic mass is 10.1. The second-order valence-corrected chi connectivity index (χ2v) is 7.26. The lowest BCUT2D eigenvalue weighted by molar-refractivity contribution is -0.126. The van der Waals surface area contributed by atoms with Crippen LogP contribution in [0.4, 0.5) is 5.69 Å². The first kappa shape index (κ1) is 19.8. The maximum absolute atomic E-state index is 12.5. The topological polar surface area (TPSA) is 67.9 Å². The quantitative estimate of drug-likeness (QED) is 0.613. The number of rotatable bonds is 7. The van der Waals surface area contributed by atoms with E-state index >= 15 is 0 Å². The number of ether oxygens (including phenoxy) is 2. The van der Waals surface area contributed by atoms with Crippen molar-refractivity contribution in [3.8, 4) is 11.5 Å². The van der Waals surface area contributed by atoms with Gasteiger partial charge in [0.1, 0.15) is 18.1 Å². The Hall–Kier alpha value is -3.54. The monoisotopic (exact) mass is 404 g/mol. The fourth-order valence-electron chi connectivity index (χ4n) is 3.66. The zero-order chi connectivity index (χ0) is 20.9. The Labute approximate surface area is 175 Å². The summed E-state index contributed by atoms with van der Waals surface area (Å²) in [5.41, 5.74) is 0.745. The third-order valence-corrected chi connectivity index (χ3v) is 5.25. The van der Waals surface area contributed by atoms with Crippen molar-refractivity contribution in [3.63, 3.8) is 0 Å². The summed E-state index contributed by atoms with van der Waals surface area (Å²) in [7, 11) is 1.58. The highest BCUT2D eigenvalue weighted by Crippen LogP contribution is 2.28. The van der Waals surface area contributed by atoms with Gasteiger partial charge in [-0.3, -0.25) is 9.59 Å². The second-order valence-electron chi connectivity index (χ2n) is 7.26. The van der Waals surface area contributed by atoms with Crippen LogP contribution in [0, 0.1) is 5.92 Å². The first-order valence-electron chi connectivity index (χ1n) is 9.98. The van der Waals surface area contributed by atoms with Gasteiger partial charge in [-0.05, 0) is 35.0 Å². The van der Waals surface area contributed by atoms with Crippen LogP contribution in [0.3, 0.4) is 0 Å². The minimum Gasteiger partial charge on any atom is -0.497 e. The number of anilines is 1.